The SMILES string of the molecule is Cc1c(=O)ncn2ccccc12. The van der Waals surface area contributed by atoms with Gasteiger partial charge in [0.25, 0.3) is 5.56 Å². The molecule has 0 fully saturated rings. The predicted octanol–water partition coefficient (Wildman–Crippen LogP) is 1.00. The summed E-state index contributed by atoms with van der Waals surface area (Å²) in [6, 6.07) is 5.71. The fourth-order valence-electron chi connectivity index (χ4n) is 1.20. The smallest absolute Gasteiger partial charge is 0.276 e. The number of aryl methyl sites for hydroxylation is 1. The average Bonchev–Trinajstić information content (AvgIpc) is 2.12. The van der Waals surface area contributed by atoms with Gasteiger partial charge < -0.3 is 4.40 Å². The molecule has 0 unspecified atom stereocenters. The third-order valence-corrected chi connectivity index (χ3v) is 1.89. The van der Waals surface area contributed by atoms with Gasteiger partial charge in [0.1, 0.15) is 6.33 Å². The van der Waals surface area contributed by atoms with Gasteiger partial charge in [-0.15, -0.1) is 0 Å². The molecule has 0 bridgehead atoms. The van der Waals surface area contributed by atoms with Gasteiger partial charge in [-0.05, 0) is 19.1 Å². The van der Waals surface area contributed by atoms with Crippen LogP contribution in [-0.4, -0.2) is 9.38 Å². The van der Waals surface area contributed by atoms with Crippen LogP contribution < -0.4 is 5.56 Å². The fourth-order valence-corrected chi connectivity index (χ4v) is 1.20. The Balaban J connectivity index is 3.01. The van der Waals surface area contributed by atoms with E-state index in [0.29, 0.717) is 5.56 Å². The van der Waals surface area contributed by atoms with Crippen molar-refractivity contribution >= 4 is 5.52 Å². The van der Waals surface area contributed by atoms with Crippen molar-refractivity contribution in [1.82, 2.24) is 9.38 Å². The Morgan fingerprint density at radius 1 is 1.42 bits per heavy atom. The van der Waals surface area contributed by atoms with E-state index in [9.17, 15) is 4.79 Å². The lowest BCUT2D eigenvalue weighted by atomic mass is 10.2. The van der Waals surface area contributed by atoms with Gasteiger partial charge in [0, 0.05) is 11.8 Å². The van der Waals surface area contributed by atoms with Gasteiger partial charge >= 0.3 is 0 Å². The second-order valence-electron chi connectivity index (χ2n) is 2.67. The lowest BCUT2D eigenvalue weighted by Crippen LogP contribution is -2.11. The van der Waals surface area contributed by atoms with Crippen LogP contribution in [-0.2, 0) is 0 Å². The molecule has 0 aliphatic rings. The molecule has 0 radical (unpaired) electrons. The van der Waals surface area contributed by atoms with E-state index < -0.39 is 0 Å². The van der Waals surface area contributed by atoms with Gasteiger partial charge in [-0.2, -0.15) is 4.98 Å². The molecular formula is C9H8N2O. The summed E-state index contributed by atoms with van der Waals surface area (Å²) in [4.78, 5) is 14.8. The third kappa shape index (κ3) is 0.906. The van der Waals surface area contributed by atoms with Crippen LogP contribution in [0.25, 0.3) is 5.52 Å². The highest BCUT2D eigenvalue weighted by atomic mass is 16.1. The van der Waals surface area contributed by atoms with Crippen molar-refractivity contribution in [1.29, 1.82) is 0 Å². The van der Waals surface area contributed by atoms with E-state index in [1.54, 1.807) is 6.92 Å². The minimum atomic E-state index is -0.152. The molecule has 2 rings (SSSR count). The summed E-state index contributed by atoms with van der Waals surface area (Å²) in [5.41, 5.74) is 1.46. The maximum absolute atomic E-state index is 11.1. The highest BCUT2D eigenvalue weighted by Gasteiger charge is 1.98. The van der Waals surface area contributed by atoms with Crippen LogP contribution in [0.5, 0.6) is 0 Å². The van der Waals surface area contributed by atoms with E-state index in [0.717, 1.165) is 5.52 Å². The summed E-state index contributed by atoms with van der Waals surface area (Å²) in [5.74, 6) is 0. The maximum atomic E-state index is 11.1. The average molecular weight is 160 g/mol. The van der Waals surface area contributed by atoms with Crippen molar-refractivity contribution in [3.05, 3.63) is 46.6 Å². The van der Waals surface area contributed by atoms with E-state index in [2.05, 4.69) is 4.98 Å². The molecule has 0 atom stereocenters. The van der Waals surface area contributed by atoms with E-state index in [4.69, 9.17) is 0 Å². The first-order valence-electron chi connectivity index (χ1n) is 3.71. The number of aromatic nitrogens is 2. The molecule has 0 aliphatic heterocycles. The maximum Gasteiger partial charge on any atom is 0.276 e. The molecule has 0 saturated carbocycles. The molecular weight excluding hydrogens is 152 g/mol. The van der Waals surface area contributed by atoms with Gasteiger partial charge in [-0.25, -0.2) is 0 Å². The fraction of sp³-hybridized carbons (Fsp3) is 0.111. The Bertz CT molecular complexity index is 473. The number of rotatable bonds is 0. The summed E-state index contributed by atoms with van der Waals surface area (Å²) < 4.78 is 1.83. The number of fused-ring (bicyclic) bond motifs is 1. The molecule has 0 aliphatic carbocycles. The molecule has 2 aromatic rings. The molecule has 0 saturated heterocycles. The van der Waals surface area contributed by atoms with E-state index in [1.807, 2.05) is 28.8 Å². The van der Waals surface area contributed by atoms with Gasteiger partial charge in [0.15, 0.2) is 0 Å². The quantitative estimate of drug-likeness (QED) is 0.576. The number of pyridine rings is 1. The van der Waals surface area contributed by atoms with Crippen LogP contribution in [0.1, 0.15) is 5.56 Å². The van der Waals surface area contributed by atoms with Crippen molar-refractivity contribution in [2.24, 2.45) is 0 Å². The van der Waals surface area contributed by atoms with Crippen molar-refractivity contribution < 1.29 is 0 Å². The molecule has 0 amide bonds. The molecule has 2 aromatic heterocycles. The number of hydrogen-bond donors (Lipinski definition) is 0. The molecule has 2 heterocycles. The van der Waals surface area contributed by atoms with Crippen LogP contribution in [0.2, 0.25) is 0 Å². The minimum absolute atomic E-state index is 0.152. The lowest BCUT2D eigenvalue weighted by Gasteiger charge is -2.00. The second kappa shape index (κ2) is 2.44. The summed E-state index contributed by atoms with van der Waals surface area (Å²) in [7, 11) is 0. The van der Waals surface area contributed by atoms with E-state index >= 15 is 0 Å². The molecule has 3 nitrogen and oxygen atoms in total. The van der Waals surface area contributed by atoms with Crippen LogP contribution in [0.3, 0.4) is 0 Å². The minimum Gasteiger partial charge on any atom is -0.307 e. The van der Waals surface area contributed by atoms with Crippen LogP contribution in [0.4, 0.5) is 0 Å². The molecule has 12 heavy (non-hydrogen) atoms. The van der Waals surface area contributed by atoms with Gasteiger partial charge in [0.05, 0.1) is 5.52 Å². The zero-order valence-corrected chi connectivity index (χ0v) is 6.69. The summed E-state index contributed by atoms with van der Waals surface area (Å²) in [6.07, 6.45) is 3.40. The summed E-state index contributed by atoms with van der Waals surface area (Å²) in [5, 5.41) is 0. The van der Waals surface area contributed by atoms with E-state index in [-0.39, 0.29) is 5.56 Å². The monoisotopic (exact) mass is 160 g/mol. The van der Waals surface area contributed by atoms with Crippen LogP contribution >= 0.6 is 0 Å². The van der Waals surface area contributed by atoms with E-state index in [1.165, 1.54) is 6.33 Å². The Kier molecular flexibility index (Phi) is 1.43. The number of nitrogens with zero attached hydrogens (tertiary/aromatic N) is 2. The zero-order valence-electron chi connectivity index (χ0n) is 6.69. The summed E-state index contributed by atoms with van der Waals surface area (Å²) in [6.45, 7) is 1.78. The van der Waals surface area contributed by atoms with Crippen molar-refractivity contribution in [3.63, 3.8) is 0 Å². The first-order chi connectivity index (χ1) is 5.79. The molecule has 3 heteroatoms. The van der Waals surface area contributed by atoms with Gasteiger partial charge in [0.2, 0.25) is 0 Å². The highest BCUT2D eigenvalue weighted by Crippen LogP contribution is 2.02. The zero-order chi connectivity index (χ0) is 8.55. The summed E-state index contributed by atoms with van der Waals surface area (Å²) >= 11 is 0. The second-order valence-corrected chi connectivity index (χ2v) is 2.67. The Hall–Kier alpha value is -1.64. The van der Waals surface area contributed by atoms with Crippen LogP contribution in [0, 0.1) is 6.92 Å². The standard InChI is InChI=1S/C9H8N2O/c1-7-8-4-2-3-5-11(8)6-10-9(7)12/h2-6H,1H3. The first kappa shape index (κ1) is 7.03. The normalized spacial score (nSPS) is 10.4. The van der Waals surface area contributed by atoms with Gasteiger partial charge in [-0.3, -0.25) is 4.79 Å². The van der Waals surface area contributed by atoms with Crippen molar-refractivity contribution in [3.8, 4) is 0 Å². The lowest BCUT2D eigenvalue weighted by molar-refractivity contribution is 1.02. The van der Waals surface area contributed by atoms with Crippen molar-refractivity contribution in [2.75, 3.05) is 0 Å². The first-order valence-corrected chi connectivity index (χ1v) is 3.71. The molecule has 0 N–H and O–H groups in total. The number of hydrogen-bond acceptors (Lipinski definition) is 2. The van der Waals surface area contributed by atoms with Crippen LogP contribution in [0.15, 0.2) is 35.5 Å². The topological polar surface area (TPSA) is 34.4 Å². The van der Waals surface area contributed by atoms with Gasteiger partial charge in [-0.1, -0.05) is 6.07 Å². The molecule has 0 aromatic carbocycles. The molecule has 0 spiro atoms. The third-order valence-electron chi connectivity index (χ3n) is 1.89. The van der Waals surface area contributed by atoms with Crippen molar-refractivity contribution in [2.45, 2.75) is 6.92 Å². The largest absolute Gasteiger partial charge is 0.307 e. The predicted molar refractivity (Wildman–Crippen MR) is 46.2 cm³/mol. The Labute approximate surface area is 69.3 Å². The Morgan fingerprint density at radius 3 is 3.08 bits per heavy atom. The highest BCUT2D eigenvalue weighted by molar-refractivity contribution is 5.51. The molecule has 60 valence electrons. The Morgan fingerprint density at radius 2 is 2.25 bits per heavy atom.